The Hall–Kier alpha value is -1.69. The van der Waals surface area contributed by atoms with Crippen molar-refractivity contribution in [3.05, 3.63) is 52.8 Å². The number of hydrogen-bond acceptors (Lipinski definition) is 4. The number of morpholine rings is 1. The molecule has 5 nitrogen and oxygen atoms in total. The molecule has 23 heavy (non-hydrogen) atoms. The standard InChI is InChI=1S/C18H26N4O/c1-14-3-5-16(6-4-14)18(13-22-7-9-23-10-8-22)19-11-17-12-20-21-15(17)2/h3-6,12,18-19H,7-11,13H2,1-2H3,(H,20,21)/t18-/m1/s1. The largest absolute Gasteiger partial charge is 0.379 e. The first-order chi connectivity index (χ1) is 11.2. The number of nitrogens with one attached hydrogen (secondary N) is 2. The van der Waals surface area contributed by atoms with Crippen LogP contribution < -0.4 is 5.32 Å². The van der Waals surface area contributed by atoms with Crippen LogP contribution in [0.3, 0.4) is 0 Å². The molecule has 0 unspecified atom stereocenters. The molecule has 1 fully saturated rings. The Morgan fingerprint density at radius 3 is 2.61 bits per heavy atom. The van der Waals surface area contributed by atoms with E-state index in [4.69, 9.17) is 4.74 Å². The molecule has 2 N–H and O–H groups in total. The van der Waals surface area contributed by atoms with Crippen molar-refractivity contribution in [2.24, 2.45) is 0 Å². The normalized spacial score (nSPS) is 17.3. The fourth-order valence-electron chi connectivity index (χ4n) is 2.92. The van der Waals surface area contributed by atoms with Crippen molar-refractivity contribution in [1.82, 2.24) is 20.4 Å². The first kappa shape index (κ1) is 16.2. The van der Waals surface area contributed by atoms with Crippen LogP contribution in [0.5, 0.6) is 0 Å². The van der Waals surface area contributed by atoms with Gasteiger partial charge >= 0.3 is 0 Å². The van der Waals surface area contributed by atoms with Crippen molar-refractivity contribution < 1.29 is 4.74 Å². The molecule has 0 radical (unpaired) electrons. The van der Waals surface area contributed by atoms with Gasteiger partial charge in [-0.2, -0.15) is 5.10 Å². The molecule has 1 aromatic carbocycles. The predicted octanol–water partition coefficient (Wildman–Crippen LogP) is 2.19. The highest BCUT2D eigenvalue weighted by atomic mass is 16.5. The summed E-state index contributed by atoms with van der Waals surface area (Å²) in [6.45, 7) is 9.71. The van der Waals surface area contributed by atoms with Gasteiger partial charge in [0.25, 0.3) is 0 Å². The Bertz CT molecular complexity index is 602. The van der Waals surface area contributed by atoms with E-state index < -0.39 is 0 Å². The minimum atomic E-state index is 0.308. The number of ether oxygens (including phenoxy) is 1. The molecular formula is C18H26N4O. The van der Waals surface area contributed by atoms with Crippen LogP contribution in [0.25, 0.3) is 0 Å². The number of aryl methyl sites for hydroxylation is 2. The lowest BCUT2D eigenvalue weighted by molar-refractivity contribution is 0.0333. The summed E-state index contributed by atoms with van der Waals surface area (Å²) in [5, 5.41) is 10.8. The van der Waals surface area contributed by atoms with Gasteiger partial charge in [-0.25, -0.2) is 0 Å². The minimum absolute atomic E-state index is 0.308. The van der Waals surface area contributed by atoms with Crippen molar-refractivity contribution in [3.63, 3.8) is 0 Å². The van der Waals surface area contributed by atoms with Crippen molar-refractivity contribution >= 4 is 0 Å². The molecule has 1 aliphatic rings. The monoisotopic (exact) mass is 314 g/mol. The number of aromatic amines is 1. The Morgan fingerprint density at radius 1 is 1.22 bits per heavy atom. The maximum Gasteiger partial charge on any atom is 0.0594 e. The van der Waals surface area contributed by atoms with Crippen molar-refractivity contribution in [1.29, 1.82) is 0 Å². The molecule has 0 bridgehead atoms. The smallest absolute Gasteiger partial charge is 0.0594 e. The topological polar surface area (TPSA) is 53.2 Å². The zero-order chi connectivity index (χ0) is 16.1. The fraction of sp³-hybridized carbons (Fsp3) is 0.500. The second kappa shape index (κ2) is 7.73. The Morgan fingerprint density at radius 2 is 1.96 bits per heavy atom. The molecule has 0 spiro atoms. The molecular weight excluding hydrogens is 288 g/mol. The second-order valence-corrected chi connectivity index (χ2v) is 6.28. The lowest BCUT2D eigenvalue weighted by Crippen LogP contribution is -2.41. The third-order valence-corrected chi connectivity index (χ3v) is 4.50. The molecule has 124 valence electrons. The van der Waals surface area contributed by atoms with E-state index in [1.165, 1.54) is 16.7 Å². The van der Waals surface area contributed by atoms with E-state index in [-0.39, 0.29) is 0 Å². The van der Waals surface area contributed by atoms with Crippen molar-refractivity contribution in [3.8, 4) is 0 Å². The maximum absolute atomic E-state index is 5.46. The van der Waals surface area contributed by atoms with Crippen molar-refractivity contribution in [2.45, 2.75) is 26.4 Å². The van der Waals surface area contributed by atoms with Gasteiger partial charge in [0.1, 0.15) is 0 Å². The fourth-order valence-corrected chi connectivity index (χ4v) is 2.92. The van der Waals surface area contributed by atoms with Gasteiger partial charge in [-0.15, -0.1) is 0 Å². The summed E-state index contributed by atoms with van der Waals surface area (Å²) >= 11 is 0. The van der Waals surface area contributed by atoms with Crippen molar-refractivity contribution in [2.75, 3.05) is 32.8 Å². The maximum atomic E-state index is 5.46. The zero-order valence-electron chi connectivity index (χ0n) is 14.0. The second-order valence-electron chi connectivity index (χ2n) is 6.28. The molecule has 1 saturated heterocycles. The van der Waals surface area contributed by atoms with Gasteiger partial charge in [-0.3, -0.25) is 10.00 Å². The third-order valence-electron chi connectivity index (χ3n) is 4.50. The SMILES string of the molecule is Cc1ccc([C@@H](CN2CCOCC2)NCc2cn[nH]c2C)cc1. The number of aromatic nitrogens is 2. The molecule has 0 amide bonds. The highest BCUT2D eigenvalue weighted by Crippen LogP contribution is 2.17. The Kier molecular flexibility index (Phi) is 5.43. The van der Waals surface area contributed by atoms with Crippen LogP contribution in [-0.2, 0) is 11.3 Å². The van der Waals surface area contributed by atoms with E-state index in [0.29, 0.717) is 6.04 Å². The molecule has 0 saturated carbocycles. The summed E-state index contributed by atoms with van der Waals surface area (Å²) in [6.07, 6.45) is 1.91. The molecule has 0 aliphatic carbocycles. The van der Waals surface area contributed by atoms with Gasteiger partial charge < -0.3 is 10.1 Å². The summed E-state index contributed by atoms with van der Waals surface area (Å²) in [7, 11) is 0. The highest BCUT2D eigenvalue weighted by molar-refractivity contribution is 5.25. The van der Waals surface area contributed by atoms with Crippen LogP contribution in [0, 0.1) is 13.8 Å². The van der Waals surface area contributed by atoms with Gasteiger partial charge in [-0.1, -0.05) is 29.8 Å². The van der Waals surface area contributed by atoms with Gasteiger partial charge in [0.2, 0.25) is 0 Å². The van der Waals surface area contributed by atoms with E-state index in [2.05, 4.69) is 58.5 Å². The minimum Gasteiger partial charge on any atom is -0.379 e. The first-order valence-corrected chi connectivity index (χ1v) is 8.31. The molecule has 2 aromatic rings. The van der Waals surface area contributed by atoms with Crippen LogP contribution in [0.2, 0.25) is 0 Å². The van der Waals surface area contributed by atoms with E-state index in [0.717, 1.165) is 45.1 Å². The van der Waals surface area contributed by atoms with Gasteiger partial charge in [0.05, 0.1) is 19.4 Å². The Labute approximate surface area is 138 Å². The molecule has 3 rings (SSSR count). The van der Waals surface area contributed by atoms with E-state index in [9.17, 15) is 0 Å². The number of rotatable bonds is 6. The average molecular weight is 314 g/mol. The van der Waals surface area contributed by atoms with E-state index >= 15 is 0 Å². The lowest BCUT2D eigenvalue weighted by Gasteiger charge is -2.31. The number of benzene rings is 1. The predicted molar refractivity (Wildman–Crippen MR) is 91.3 cm³/mol. The number of nitrogens with zero attached hydrogens (tertiary/aromatic N) is 2. The average Bonchev–Trinajstić information content (AvgIpc) is 2.98. The van der Waals surface area contributed by atoms with Crippen LogP contribution in [0.1, 0.15) is 28.4 Å². The summed E-state index contributed by atoms with van der Waals surface area (Å²) in [5.74, 6) is 0. The zero-order valence-corrected chi connectivity index (χ0v) is 14.0. The number of hydrogen-bond donors (Lipinski definition) is 2. The van der Waals surface area contributed by atoms with Crippen LogP contribution in [0.4, 0.5) is 0 Å². The molecule has 5 heteroatoms. The molecule has 1 aliphatic heterocycles. The van der Waals surface area contributed by atoms with Gasteiger partial charge in [0.15, 0.2) is 0 Å². The van der Waals surface area contributed by atoms with E-state index in [1.54, 1.807) is 0 Å². The molecule has 1 atom stereocenters. The lowest BCUT2D eigenvalue weighted by atomic mass is 10.0. The van der Waals surface area contributed by atoms with Crippen LogP contribution in [-0.4, -0.2) is 47.9 Å². The third kappa shape index (κ3) is 4.41. The Balaban J connectivity index is 1.69. The van der Waals surface area contributed by atoms with Gasteiger partial charge in [-0.05, 0) is 19.4 Å². The summed E-state index contributed by atoms with van der Waals surface area (Å²) in [4.78, 5) is 2.48. The van der Waals surface area contributed by atoms with Crippen LogP contribution in [0.15, 0.2) is 30.5 Å². The summed E-state index contributed by atoms with van der Waals surface area (Å²) < 4.78 is 5.46. The molecule has 1 aromatic heterocycles. The van der Waals surface area contributed by atoms with Crippen LogP contribution >= 0.6 is 0 Å². The number of H-pyrrole nitrogens is 1. The summed E-state index contributed by atoms with van der Waals surface area (Å²) in [5.41, 5.74) is 4.99. The highest BCUT2D eigenvalue weighted by Gasteiger charge is 2.18. The quantitative estimate of drug-likeness (QED) is 0.858. The van der Waals surface area contributed by atoms with Gasteiger partial charge in [0, 0.05) is 43.5 Å². The summed E-state index contributed by atoms with van der Waals surface area (Å²) in [6, 6.07) is 9.15. The first-order valence-electron chi connectivity index (χ1n) is 8.31. The molecule has 2 heterocycles. The van der Waals surface area contributed by atoms with E-state index in [1.807, 2.05) is 6.20 Å².